The summed E-state index contributed by atoms with van der Waals surface area (Å²) in [5, 5.41) is 7.06. The smallest absolute Gasteiger partial charge is 0.350 e. The molecular formula is C20H22N4O3. The quantitative estimate of drug-likeness (QED) is 0.489. The number of ether oxygens (including phenoxy) is 1. The Kier molecular flexibility index (Phi) is 6.04. The summed E-state index contributed by atoms with van der Waals surface area (Å²) in [6.45, 7) is 3.47. The monoisotopic (exact) mass is 366 g/mol. The summed E-state index contributed by atoms with van der Waals surface area (Å²) in [5.74, 6) is 0.632. The number of carbonyl (C=O) groups excluding carboxylic acids is 1. The van der Waals surface area contributed by atoms with E-state index < -0.39 is 0 Å². The van der Waals surface area contributed by atoms with Gasteiger partial charge < -0.3 is 10.1 Å². The lowest BCUT2D eigenvalue weighted by atomic mass is 10.2. The van der Waals surface area contributed by atoms with Gasteiger partial charge in [-0.05, 0) is 49.2 Å². The molecule has 1 N–H and O–H groups in total. The lowest BCUT2D eigenvalue weighted by molar-refractivity contribution is -0.116. The van der Waals surface area contributed by atoms with Crippen LogP contribution in [-0.2, 0) is 11.3 Å². The third-order valence-corrected chi connectivity index (χ3v) is 3.95. The van der Waals surface area contributed by atoms with Gasteiger partial charge in [-0.25, -0.2) is 9.48 Å². The third-order valence-electron chi connectivity index (χ3n) is 3.95. The molecule has 0 radical (unpaired) electrons. The standard InChI is InChI=1S/C20H22N4O3/c1-2-27-17-10-7-16(8-11-17)9-12-19(25)21-13-5-15-24-20(26)23-14-4-3-6-18(23)22-24/h3-4,6-12,14H,2,5,13,15H2,1H3,(H,21,25). The molecule has 2 heterocycles. The summed E-state index contributed by atoms with van der Waals surface area (Å²) >= 11 is 0. The molecule has 140 valence electrons. The normalized spacial score (nSPS) is 11.1. The van der Waals surface area contributed by atoms with Gasteiger partial charge in [0.05, 0.1) is 6.61 Å². The minimum atomic E-state index is -0.175. The average molecular weight is 366 g/mol. The predicted octanol–water partition coefficient (Wildman–Crippen LogP) is 2.11. The van der Waals surface area contributed by atoms with Crippen molar-refractivity contribution in [3.63, 3.8) is 0 Å². The van der Waals surface area contributed by atoms with Gasteiger partial charge in [0.2, 0.25) is 5.91 Å². The number of amides is 1. The predicted molar refractivity (Wildman–Crippen MR) is 104 cm³/mol. The number of hydrogen-bond donors (Lipinski definition) is 1. The van der Waals surface area contributed by atoms with Crippen molar-refractivity contribution in [1.82, 2.24) is 19.5 Å². The number of fused-ring (bicyclic) bond motifs is 1. The van der Waals surface area contributed by atoms with Crippen LogP contribution in [0.25, 0.3) is 11.7 Å². The molecule has 3 rings (SSSR count). The van der Waals surface area contributed by atoms with Gasteiger partial charge in [-0.3, -0.25) is 9.20 Å². The Balaban J connectivity index is 1.45. The van der Waals surface area contributed by atoms with E-state index in [4.69, 9.17) is 4.74 Å². The number of benzene rings is 1. The molecule has 2 aromatic heterocycles. The molecule has 0 spiro atoms. The van der Waals surface area contributed by atoms with Gasteiger partial charge in [0.1, 0.15) is 5.75 Å². The maximum atomic E-state index is 12.1. The van der Waals surface area contributed by atoms with Gasteiger partial charge >= 0.3 is 5.69 Å². The molecular weight excluding hydrogens is 344 g/mol. The minimum Gasteiger partial charge on any atom is -0.494 e. The van der Waals surface area contributed by atoms with E-state index in [-0.39, 0.29) is 11.6 Å². The largest absolute Gasteiger partial charge is 0.494 e. The van der Waals surface area contributed by atoms with Crippen LogP contribution in [-0.4, -0.2) is 33.2 Å². The Morgan fingerprint density at radius 1 is 1.22 bits per heavy atom. The maximum absolute atomic E-state index is 12.1. The molecule has 0 saturated carbocycles. The van der Waals surface area contributed by atoms with Crippen molar-refractivity contribution in [3.8, 4) is 5.75 Å². The van der Waals surface area contributed by atoms with E-state index in [9.17, 15) is 9.59 Å². The van der Waals surface area contributed by atoms with Crippen molar-refractivity contribution >= 4 is 17.6 Å². The fraction of sp³-hybridized carbons (Fsp3) is 0.250. The number of aryl methyl sites for hydroxylation is 1. The zero-order valence-electron chi connectivity index (χ0n) is 15.2. The first-order chi connectivity index (χ1) is 13.2. The van der Waals surface area contributed by atoms with Crippen LogP contribution in [0.15, 0.2) is 59.5 Å². The Labute approximate surface area is 156 Å². The first-order valence-corrected chi connectivity index (χ1v) is 8.90. The average Bonchev–Trinajstić information content (AvgIpc) is 3.01. The van der Waals surface area contributed by atoms with Crippen LogP contribution in [0.4, 0.5) is 0 Å². The Bertz CT molecular complexity index is 986. The van der Waals surface area contributed by atoms with Gasteiger partial charge in [0.25, 0.3) is 0 Å². The number of nitrogens with one attached hydrogen (secondary N) is 1. The van der Waals surface area contributed by atoms with Gasteiger partial charge in [-0.15, -0.1) is 5.10 Å². The van der Waals surface area contributed by atoms with E-state index in [0.717, 1.165) is 11.3 Å². The lowest BCUT2D eigenvalue weighted by Crippen LogP contribution is -2.26. The van der Waals surface area contributed by atoms with Crippen LogP contribution < -0.4 is 15.7 Å². The first-order valence-electron chi connectivity index (χ1n) is 8.90. The van der Waals surface area contributed by atoms with Crippen LogP contribution in [0.1, 0.15) is 18.9 Å². The summed E-state index contributed by atoms with van der Waals surface area (Å²) in [5.41, 5.74) is 1.36. The Morgan fingerprint density at radius 3 is 2.78 bits per heavy atom. The number of rotatable bonds is 8. The van der Waals surface area contributed by atoms with Gasteiger partial charge in [0.15, 0.2) is 5.65 Å². The van der Waals surface area contributed by atoms with Gasteiger partial charge in [0, 0.05) is 25.4 Å². The number of aromatic nitrogens is 3. The van der Waals surface area contributed by atoms with E-state index >= 15 is 0 Å². The van der Waals surface area contributed by atoms with Crippen molar-refractivity contribution < 1.29 is 9.53 Å². The second-order valence-corrected chi connectivity index (χ2v) is 5.91. The highest BCUT2D eigenvalue weighted by Gasteiger charge is 2.05. The van der Waals surface area contributed by atoms with E-state index in [2.05, 4.69) is 10.4 Å². The SMILES string of the molecule is CCOc1ccc(C=CC(=O)NCCCn2nc3ccccn3c2=O)cc1. The number of hydrogen-bond acceptors (Lipinski definition) is 4. The maximum Gasteiger partial charge on any atom is 0.350 e. The molecule has 0 aliphatic rings. The Hall–Kier alpha value is -3.35. The molecule has 7 nitrogen and oxygen atoms in total. The van der Waals surface area contributed by atoms with E-state index in [1.807, 2.05) is 37.3 Å². The zero-order valence-corrected chi connectivity index (χ0v) is 15.2. The van der Waals surface area contributed by atoms with Gasteiger partial charge in [-0.2, -0.15) is 0 Å². The lowest BCUT2D eigenvalue weighted by Gasteiger charge is -2.03. The molecule has 7 heteroatoms. The first kappa shape index (κ1) is 18.4. The second-order valence-electron chi connectivity index (χ2n) is 5.91. The van der Waals surface area contributed by atoms with Crippen molar-refractivity contribution in [2.75, 3.05) is 13.2 Å². The fourth-order valence-electron chi connectivity index (χ4n) is 2.63. The molecule has 1 amide bonds. The molecule has 0 unspecified atom stereocenters. The molecule has 27 heavy (non-hydrogen) atoms. The summed E-state index contributed by atoms with van der Waals surface area (Å²) < 4.78 is 8.29. The van der Waals surface area contributed by atoms with Crippen LogP contribution >= 0.6 is 0 Å². The van der Waals surface area contributed by atoms with Crippen LogP contribution in [0.3, 0.4) is 0 Å². The highest BCUT2D eigenvalue weighted by Crippen LogP contribution is 2.12. The van der Waals surface area contributed by atoms with E-state index in [1.54, 1.807) is 24.4 Å². The van der Waals surface area contributed by atoms with Crippen molar-refractivity contribution in [2.24, 2.45) is 0 Å². The molecule has 0 fully saturated rings. The van der Waals surface area contributed by atoms with Crippen molar-refractivity contribution in [3.05, 3.63) is 70.8 Å². The summed E-state index contributed by atoms with van der Waals surface area (Å²) in [6.07, 6.45) is 5.55. The molecule has 1 aromatic carbocycles. The summed E-state index contributed by atoms with van der Waals surface area (Å²) in [7, 11) is 0. The number of carbonyl (C=O) groups is 1. The number of nitrogens with zero attached hydrogens (tertiary/aromatic N) is 3. The van der Waals surface area contributed by atoms with E-state index in [1.165, 1.54) is 15.2 Å². The summed E-state index contributed by atoms with van der Waals surface area (Å²) in [4.78, 5) is 24.0. The van der Waals surface area contributed by atoms with Gasteiger partial charge in [-0.1, -0.05) is 18.2 Å². The highest BCUT2D eigenvalue weighted by molar-refractivity contribution is 5.91. The second kappa shape index (κ2) is 8.84. The Morgan fingerprint density at radius 2 is 2.04 bits per heavy atom. The molecule has 0 aliphatic carbocycles. The van der Waals surface area contributed by atoms with Crippen LogP contribution in [0.5, 0.6) is 5.75 Å². The molecule has 0 saturated heterocycles. The third kappa shape index (κ3) is 4.84. The molecule has 3 aromatic rings. The highest BCUT2D eigenvalue weighted by atomic mass is 16.5. The zero-order chi connectivity index (χ0) is 19.1. The number of pyridine rings is 1. The molecule has 0 atom stereocenters. The van der Waals surface area contributed by atoms with Crippen LogP contribution in [0, 0.1) is 0 Å². The van der Waals surface area contributed by atoms with Crippen molar-refractivity contribution in [2.45, 2.75) is 19.9 Å². The molecule has 0 bridgehead atoms. The fourth-order valence-corrected chi connectivity index (χ4v) is 2.63. The topological polar surface area (TPSA) is 77.6 Å². The van der Waals surface area contributed by atoms with Crippen LogP contribution in [0.2, 0.25) is 0 Å². The summed E-state index contributed by atoms with van der Waals surface area (Å²) in [6, 6.07) is 12.9. The van der Waals surface area contributed by atoms with Crippen molar-refractivity contribution in [1.29, 1.82) is 0 Å². The minimum absolute atomic E-state index is 0.174. The van der Waals surface area contributed by atoms with E-state index in [0.29, 0.717) is 31.8 Å². The molecule has 0 aliphatic heterocycles.